The Hall–Kier alpha value is -3.19. The topological polar surface area (TPSA) is 82.1 Å². The zero-order valence-corrected chi connectivity index (χ0v) is 14.4. The molecule has 2 aliphatic heterocycles. The molecule has 0 aliphatic carbocycles. The first-order valence-corrected chi connectivity index (χ1v) is 8.68. The molecule has 1 atom stereocenters. The molecule has 2 aliphatic rings. The van der Waals surface area contributed by atoms with E-state index in [0.29, 0.717) is 24.0 Å². The third kappa shape index (κ3) is 3.29. The van der Waals surface area contributed by atoms with Gasteiger partial charge in [-0.05, 0) is 37.1 Å². The predicted octanol–water partition coefficient (Wildman–Crippen LogP) is 2.61. The Kier molecular flexibility index (Phi) is 4.60. The van der Waals surface area contributed by atoms with Crippen LogP contribution in [0.1, 0.15) is 43.9 Å². The van der Waals surface area contributed by atoms with Gasteiger partial charge in [0.15, 0.2) is 0 Å². The summed E-state index contributed by atoms with van der Waals surface area (Å²) >= 11 is 0. The summed E-state index contributed by atoms with van der Waals surface area (Å²) in [6.07, 6.45) is 1.88. The summed E-state index contributed by atoms with van der Waals surface area (Å²) in [7, 11) is 0. The number of ether oxygens (including phenoxy) is 2. The van der Waals surface area contributed by atoms with Gasteiger partial charge in [0, 0.05) is 6.61 Å². The number of benzene rings is 2. The Balaban J connectivity index is 1.49. The quantitative estimate of drug-likeness (QED) is 0.756. The minimum Gasteiger partial charge on any atom is -0.490 e. The number of hydrogen-bond donors (Lipinski definition) is 0. The second-order valence-electron chi connectivity index (χ2n) is 6.27. The highest BCUT2D eigenvalue weighted by Gasteiger charge is 2.39. The lowest BCUT2D eigenvalue weighted by atomic mass is 10.1. The van der Waals surface area contributed by atoms with E-state index in [2.05, 4.69) is 0 Å². The van der Waals surface area contributed by atoms with Crippen LogP contribution in [0, 0.1) is 0 Å². The number of hydrogen-bond acceptors (Lipinski definition) is 6. The number of carbonyl (C=O) groups is 3. The second-order valence-corrected chi connectivity index (χ2v) is 6.27. The SMILES string of the molecule is O=C(ON1C(=O)c2ccccc2C1=O)c1ccccc1OCC1CCCO1. The first-order chi connectivity index (χ1) is 13.1. The van der Waals surface area contributed by atoms with Crippen LogP contribution in [0.4, 0.5) is 0 Å². The highest BCUT2D eigenvalue weighted by molar-refractivity contribution is 6.21. The van der Waals surface area contributed by atoms with Crippen LogP contribution < -0.4 is 4.74 Å². The normalized spacial score (nSPS) is 18.5. The van der Waals surface area contributed by atoms with E-state index >= 15 is 0 Å². The molecular formula is C20H17NO6. The molecule has 4 rings (SSSR count). The molecule has 7 nitrogen and oxygen atoms in total. The van der Waals surface area contributed by atoms with Crippen molar-refractivity contribution < 1.29 is 28.7 Å². The van der Waals surface area contributed by atoms with Crippen molar-refractivity contribution >= 4 is 17.8 Å². The fourth-order valence-electron chi connectivity index (χ4n) is 3.10. The number of imide groups is 1. The molecule has 0 bridgehead atoms. The van der Waals surface area contributed by atoms with Crippen LogP contribution in [0.5, 0.6) is 5.75 Å². The van der Waals surface area contributed by atoms with Crippen LogP contribution in [-0.2, 0) is 9.57 Å². The highest BCUT2D eigenvalue weighted by atomic mass is 16.7. The molecule has 1 fully saturated rings. The lowest BCUT2D eigenvalue weighted by molar-refractivity contribution is -0.0587. The van der Waals surface area contributed by atoms with Crippen molar-refractivity contribution in [3.8, 4) is 5.75 Å². The van der Waals surface area contributed by atoms with E-state index in [4.69, 9.17) is 14.3 Å². The minimum absolute atomic E-state index is 0.00897. The van der Waals surface area contributed by atoms with Crippen molar-refractivity contribution in [3.05, 3.63) is 65.2 Å². The molecule has 2 aromatic carbocycles. The molecule has 2 aromatic rings. The molecule has 1 unspecified atom stereocenters. The fraction of sp³-hybridized carbons (Fsp3) is 0.250. The molecule has 0 radical (unpaired) electrons. The summed E-state index contributed by atoms with van der Waals surface area (Å²) in [6.45, 7) is 1.02. The standard InChI is InChI=1S/C20H17NO6/c22-18-14-7-1-2-8-15(14)19(23)21(18)27-20(24)16-9-3-4-10-17(16)26-12-13-6-5-11-25-13/h1-4,7-10,13H,5-6,11-12H2. The maximum absolute atomic E-state index is 12.6. The molecule has 2 heterocycles. The van der Waals surface area contributed by atoms with Crippen molar-refractivity contribution in [2.75, 3.05) is 13.2 Å². The number of para-hydroxylation sites is 1. The summed E-state index contributed by atoms with van der Waals surface area (Å²) in [5, 5.41) is 0.490. The predicted molar refractivity (Wildman–Crippen MR) is 93.3 cm³/mol. The average molecular weight is 367 g/mol. The number of rotatable bonds is 5. The van der Waals surface area contributed by atoms with Crippen LogP contribution in [0.15, 0.2) is 48.5 Å². The maximum atomic E-state index is 12.6. The Bertz CT molecular complexity index is 868. The van der Waals surface area contributed by atoms with E-state index < -0.39 is 17.8 Å². The van der Waals surface area contributed by atoms with Crippen LogP contribution in [0.25, 0.3) is 0 Å². The third-order valence-corrected chi connectivity index (χ3v) is 4.49. The number of fused-ring (bicyclic) bond motifs is 1. The molecule has 138 valence electrons. The lowest BCUT2D eigenvalue weighted by Crippen LogP contribution is -2.32. The van der Waals surface area contributed by atoms with Crippen molar-refractivity contribution in [2.24, 2.45) is 0 Å². The van der Waals surface area contributed by atoms with Gasteiger partial charge in [-0.25, -0.2) is 4.79 Å². The van der Waals surface area contributed by atoms with Crippen LogP contribution in [0.2, 0.25) is 0 Å². The number of carbonyl (C=O) groups excluding carboxylic acids is 3. The smallest absolute Gasteiger partial charge is 0.367 e. The van der Waals surface area contributed by atoms with E-state index in [1.54, 1.807) is 30.3 Å². The molecule has 27 heavy (non-hydrogen) atoms. The summed E-state index contributed by atoms with van der Waals surface area (Å²) < 4.78 is 11.2. The van der Waals surface area contributed by atoms with Gasteiger partial charge in [-0.2, -0.15) is 0 Å². The van der Waals surface area contributed by atoms with Gasteiger partial charge in [0.2, 0.25) is 0 Å². The number of nitrogens with zero attached hydrogens (tertiary/aromatic N) is 1. The van der Waals surface area contributed by atoms with Crippen molar-refractivity contribution in [1.82, 2.24) is 5.06 Å². The van der Waals surface area contributed by atoms with Gasteiger partial charge in [-0.15, -0.1) is 0 Å². The molecule has 1 saturated heterocycles. The van der Waals surface area contributed by atoms with Gasteiger partial charge in [0.25, 0.3) is 11.8 Å². The first-order valence-electron chi connectivity index (χ1n) is 8.68. The molecule has 0 saturated carbocycles. The van der Waals surface area contributed by atoms with Gasteiger partial charge in [-0.1, -0.05) is 29.3 Å². The molecule has 2 amide bonds. The molecule has 0 aromatic heterocycles. The van der Waals surface area contributed by atoms with Gasteiger partial charge in [0.1, 0.15) is 17.9 Å². The van der Waals surface area contributed by atoms with E-state index in [-0.39, 0.29) is 22.8 Å². The fourth-order valence-corrected chi connectivity index (χ4v) is 3.10. The summed E-state index contributed by atoms with van der Waals surface area (Å²) in [4.78, 5) is 42.4. The third-order valence-electron chi connectivity index (χ3n) is 4.49. The van der Waals surface area contributed by atoms with Gasteiger partial charge in [-0.3, -0.25) is 9.59 Å². The zero-order valence-electron chi connectivity index (χ0n) is 14.4. The molecule has 0 spiro atoms. The molecule has 0 N–H and O–H groups in total. The van der Waals surface area contributed by atoms with Crippen molar-refractivity contribution in [2.45, 2.75) is 18.9 Å². The van der Waals surface area contributed by atoms with Gasteiger partial charge >= 0.3 is 5.97 Å². The Morgan fingerprint density at radius 2 is 1.70 bits per heavy atom. The van der Waals surface area contributed by atoms with Crippen molar-refractivity contribution in [3.63, 3.8) is 0 Å². The molecule has 7 heteroatoms. The monoisotopic (exact) mass is 367 g/mol. The van der Waals surface area contributed by atoms with Crippen LogP contribution in [-0.4, -0.2) is 42.2 Å². The highest BCUT2D eigenvalue weighted by Crippen LogP contribution is 2.26. The second kappa shape index (κ2) is 7.20. The zero-order chi connectivity index (χ0) is 18.8. The maximum Gasteiger partial charge on any atom is 0.367 e. The first kappa shape index (κ1) is 17.2. The summed E-state index contributed by atoms with van der Waals surface area (Å²) in [6, 6.07) is 12.8. The van der Waals surface area contributed by atoms with E-state index in [1.807, 2.05) is 0 Å². The summed E-state index contributed by atoms with van der Waals surface area (Å²) in [5.74, 6) is -1.86. The average Bonchev–Trinajstić information content (AvgIpc) is 3.30. The Morgan fingerprint density at radius 3 is 2.37 bits per heavy atom. The largest absolute Gasteiger partial charge is 0.490 e. The number of hydroxylamine groups is 2. The van der Waals surface area contributed by atoms with Gasteiger partial charge < -0.3 is 14.3 Å². The Labute approximate surface area is 155 Å². The minimum atomic E-state index is -0.840. The van der Waals surface area contributed by atoms with Crippen LogP contribution >= 0.6 is 0 Å². The Morgan fingerprint density at radius 1 is 1.04 bits per heavy atom. The number of amides is 2. The molecular weight excluding hydrogens is 350 g/mol. The van der Waals surface area contributed by atoms with Crippen LogP contribution in [0.3, 0.4) is 0 Å². The van der Waals surface area contributed by atoms with Gasteiger partial charge in [0.05, 0.1) is 17.2 Å². The van der Waals surface area contributed by atoms with E-state index in [9.17, 15) is 14.4 Å². The lowest BCUT2D eigenvalue weighted by Gasteiger charge is -2.16. The van der Waals surface area contributed by atoms with E-state index in [0.717, 1.165) is 12.8 Å². The summed E-state index contributed by atoms with van der Waals surface area (Å²) in [5.41, 5.74) is 0.545. The van der Waals surface area contributed by atoms with E-state index in [1.165, 1.54) is 18.2 Å². The van der Waals surface area contributed by atoms with Crippen molar-refractivity contribution in [1.29, 1.82) is 0 Å².